The number of benzene rings is 14. The number of carbonyl (C=O) groups excluding carboxylic acids is 1. The van der Waals surface area contributed by atoms with Gasteiger partial charge < -0.3 is 66.6 Å². The highest BCUT2D eigenvalue weighted by Gasteiger charge is 2.34. The van der Waals surface area contributed by atoms with Gasteiger partial charge in [-0.3, -0.25) is 4.79 Å². The highest BCUT2D eigenvalue weighted by atomic mass is 32.1. The predicted molar refractivity (Wildman–Crippen MR) is 528 cm³/mol. The van der Waals surface area contributed by atoms with Crippen molar-refractivity contribution in [2.75, 3.05) is 76.5 Å². The van der Waals surface area contributed by atoms with Crippen molar-refractivity contribution in [3.63, 3.8) is 0 Å². The van der Waals surface area contributed by atoms with Gasteiger partial charge in [-0.1, -0.05) is 24.3 Å². The summed E-state index contributed by atoms with van der Waals surface area (Å²) in [5.41, 5.74) is 21.6. The van der Waals surface area contributed by atoms with Gasteiger partial charge in [0.05, 0.1) is 88.7 Å². The molecule has 14 aromatic carbocycles. The molecule has 0 radical (unpaired) electrons. The molecule has 0 spiro atoms. The highest BCUT2D eigenvalue weighted by molar-refractivity contribution is 7.30. The summed E-state index contributed by atoms with van der Waals surface area (Å²) >= 11 is 6.90. The summed E-state index contributed by atoms with van der Waals surface area (Å²) in [7, 11) is 13.5. The van der Waals surface area contributed by atoms with E-state index in [0.717, 1.165) is 231 Å². The maximum atomic E-state index is 14.6. The van der Waals surface area contributed by atoms with Gasteiger partial charge in [0, 0.05) is 142 Å². The third-order valence-electron chi connectivity index (χ3n) is 23.8. The number of aromatic nitrogens is 2. The van der Waals surface area contributed by atoms with Crippen LogP contribution in [0.3, 0.4) is 0 Å². The van der Waals surface area contributed by atoms with Gasteiger partial charge in [0.1, 0.15) is 46.0 Å². The lowest BCUT2D eigenvalue weighted by Gasteiger charge is -2.26. The average molecular weight is 1750 g/mol. The molecule has 1 aliphatic rings. The van der Waals surface area contributed by atoms with E-state index in [2.05, 4.69) is 284 Å². The van der Waals surface area contributed by atoms with Crippen LogP contribution >= 0.6 is 45.3 Å². The van der Waals surface area contributed by atoms with E-state index in [1.165, 1.54) is 0 Å². The van der Waals surface area contributed by atoms with Crippen LogP contribution in [-0.2, 0) is 0 Å². The summed E-state index contributed by atoms with van der Waals surface area (Å²) < 4.78 is 49.9. The number of thiophene rings is 4. The maximum Gasteiger partial charge on any atom is 0.196 e. The number of hydrogen-bond acceptors (Lipinski definition) is 17. The molecule has 626 valence electrons. The Labute approximate surface area is 756 Å². The number of ketones is 1. The molecule has 6 heterocycles. The quantitative estimate of drug-likeness (QED) is 0.0513. The van der Waals surface area contributed by atoms with E-state index < -0.39 is 0 Å². The molecule has 15 nitrogen and oxygen atoms in total. The van der Waals surface area contributed by atoms with Crippen molar-refractivity contribution in [1.29, 1.82) is 0 Å². The number of ether oxygens (including phenoxy) is 8. The second kappa shape index (κ2) is 33.7. The molecule has 1 aliphatic carbocycles. The van der Waals surface area contributed by atoms with Gasteiger partial charge in [-0.15, -0.1) is 45.3 Å². The SMILES string of the molecule is COc1ccc(N(c2ccc(OC)cc2)c2ccc3c(c2)c2cc(N(c4ccc(OC)cc4)c4ccc(OC)cc4)ccc2n3-c2ccc(-c3ccc(-c4cc5c(s4)-c4sc(-c6ccc(-c7ccc(-n8c9ccc(N(c%10ccc(OC)cc%10)c%10ccc(OC)cc%10)cc9c9cc(N(c%10ccc(OC)cc%10)c%10ccc(OC)cc%10)ccc98)cc7)s6)cc4C5=O)s3)cc2)cc1. The Morgan fingerprint density at radius 2 is 0.406 bits per heavy atom. The molecular weight excluding hydrogens is 1670 g/mol. The van der Waals surface area contributed by atoms with Crippen LogP contribution in [0.25, 0.3) is 105 Å². The van der Waals surface area contributed by atoms with Crippen LogP contribution in [0.5, 0.6) is 46.0 Å². The van der Waals surface area contributed by atoms with E-state index in [4.69, 9.17) is 37.9 Å². The van der Waals surface area contributed by atoms with Gasteiger partial charge in [-0.2, -0.15) is 0 Å². The number of methoxy groups -OCH3 is 8. The van der Waals surface area contributed by atoms with Crippen molar-refractivity contribution in [2.24, 2.45) is 0 Å². The number of fused-ring (bicyclic) bond motifs is 9. The van der Waals surface area contributed by atoms with Gasteiger partial charge in [-0.25, -0.2) is 0 Å². The lowest BCUT2D eigenvalue weighted by molar-refractivity contribution is 0.104. The Morgan fingerprint density at radius 3 is 0.617 bits per heavy atom. The zero-order valence-electron chi connectivity index (χ0n) is 71.0. The summed E-state index contributed by atoms with van der Waals surface area (Å²) in [6, 6.07) is 123. The summed E-state index contributed by atoms with van der Waals surface area (Å²) in [6.07, 6.45) is 0. The molecule has 0 atom stereocenters. The minimum Gasteiger partial charge on any atom is -0.497 e. The molecule has 0 saturated carbocycles. The van der Waals surface area contributed by atoms with E-state index >= 15 is 0 Å². The summed E-state index contributed by atoms with van der Waals surface area (Å²) in [5.74, 6) is 6.26. The molecule has 0 aliphatic heterocycles. The number of rotatable bonds is 26. The van der Waals surface area contributed by atoms with Crippen LogP contribution in [0, 0.1) is 0 Å². The van der Waals surface area contributed by atoms with Gasteiger partial charge in [-0.05, 0) is 339 Å². The smallest absolute Gasteiger partial charge is 0.196 e. The van der Waals surface area contributed by atoms with Gasteiger partial charge in [0.15, 0.2) is 5.78 Å². The third kappa shape index (κ3) is 14.6. The molecule has 6 aromatic heterocycles. The second-order valence-electron chi connectivity index (χ2n) is 30.9. The summed E-state index contributed by atoms with van der Waals surface area (Å²) in [5, 5.41) is 4.28. The molecule has 0 amide bonds. The molecular formula is C109H82N6O9S4. The first kappa shape index (κ1) is 79.9. The summed E-state index contributed by atoms with van der Waals surface area (Å²) in [6.45, 7) is 0. The molecule has 21 rings (SSSR count). The van der Waals surface area contributed by atoms with E-state index in [9.17, 15) is 4.79 Å². The Morgan fingerprint density at radius 1 is 0.203 bits per heavy atom. The van der Waals surface area contributed by atoms with Crippen molar-refractivity contribution < 1.29 is 42.7 Å². The molecule has 0 bridgehead atoms. The standard InChI is InChI=1S/C109H82N6O9S4/c1-117-83-37-17-69(18-38-83)110(70-19-39-84(118-2)40-20-70)79-33-53-97-91(61-79)92-62-80(111(71-21-41-85(119-3)42-22-71)72-23-43-86(120-4)44-24-72)34-54-98(92)114(97)77-13-9-67(10-14-77)101-57-59-103(125-101)105-65-95-107(116)96-66-106(128-109(96)108(95)127-105)104-60-58-102(126-104)68-11-15-78(16-12-68)115-99-55-35-81(112(73-25-45-87(121-5)46-26-73)74-27-47-88(122-6)48-28-74)63-93(99)94-64-82(36-56-100(94)115)113(75-29-49-89(123-7)50-30-75)76-31-51-90(124-8)52-32-76/h9-66H,1-8H3. The Kier molecular flexibility index (Phi) is 21.0. The fraction of sp³-hybridized carbons (Fsp3) is 0.0734. The van der Waals surface area contributed by atoms with Crippen LogP contribution < -0.4 is 57.5 Å². The molecule has 19 heteroatoms. The molecule has 0 N–H and O–H groups in total. The Balaban J connectivity index is 0.579. The topological polar surface area (TPSA) is 114 Å². The zero-order chi connectivity index (χ0) is 86.8. The molecule has 0 fully saturated rings. The van der Waals surface area contributed by atoms with Crippen LogP contribution in [0.15, 0.2) is 352 Å². The van der Waals surface area contributed by atoms with Crippen molar-refractivity contribution in [2.45, 2.75) is 0 Å². The second-order valence-corrected chi connectivity index (χ2v) is 35.1. The van der Waals surface area contributed by atoms with Gasteiger partial charge >= 0.3 is 0 Å². The fourth-order valence-electron chi connectivity index (χ4n) is 17.4. The normalized spacial score (nSPS) is 11.6. The van der Waals surface area contributed by atoms with Gasteiger partial charge in [0.2, 0.25) is 0 Å². The van der Waals surface area contributed by atoms with Crippen molar-refractivity contribution in [3.05, 3.63) is 363 Å². The van der Waals surface area contributed by atoms with Gasteiger partial charge in [0.25, 0.3) is 0 Å². The maximum absolute atomic E-state index is 14.6. The van der Waals surface area contributed by atoms with Crippen LogP contribution in [0.2, 0.25) is 0 Å². The van der Waals surface area contributed by atoms with Crippen molar-refractivity contribution in [1.82, 2.24) is 9.13 Å². The predicted octanol–water partition coefficient (Wildman–Crippen LogP) is 30.0. The Hall–Kier alpha value is -15.3. The third-order valence-corrected chi connectivity index (χ3v) is 28.9. The minimum absolute atomic E-state index is 0.0759. The molecule has 0 unspecified atom stereocenters. The lowest BCUT2D eigenvalue weighted by atomic mass is 10.1. The number of carbonyl (C=O) groups is 1. The fourth-order valence-corrected chi connectivity index (χ4v) is 22.0. The first-order valence-electron chi connectivity index (χ1n) is 41.7. The highest BCUT2D eigenvalue weighted by Crippen LogP contribution is 2.55. The van der Waals surface area contributed by atoms with E-state index in [1.807, 2.05) is 97.1 Å². The zero-order valence-corrected chi connectivity index (χ0v) is 74.2. The van der Waals surface area contributed by atoms with E-state index in [-0.39, 0.29) is 5.78 Å². The number of nitrogens with zero attached hydrogens (tertiary/aromatic N) is 6. The number of anilines is 12. The molecule has 0 saturated heterocycles. The van der Waals surface area contributed by atoms with Crippen molar-refractivity contribution in [3.8, 4) is 108 Å². The molecule has 128 heavy (non-hydrogen) atoms. The Bertz CT molecular complexity index is 6580. The first-order valence-corrected chi connectivity index (χ1v) is 44.9. The summed E-state index contributed by atoms with van der Waals surface area (Å²) in [4.78, 5) is 32.4. The number of hydrogen-bond donors (Lipinski definition) is 0. The lowest BCUT2D eigenvalue weighted by Crippen LogP contribution is -2.10. The van der Waals surface area contributed by atoms with Crippen molar-refractivity contribution >= 4 is 163 Å². The van der Waals surface area contributed by atoms with Crippen LogP contribution in [-0.4, -0.2) is 71.8 Å². The molecule has 20 aromatic rings. The van der Waals surface area contributed by atoms with Crippen LogP contribution in [0.4, 0.5) is 68.2 Å². The largest absolute Gasteiger partial charge is 0.497 e. The van der Waals surface area contributed by atoms with E-state index in [1.54, 1.807) is 102 Å². The van der Waals surface area contributed by atoms with E-state index in [0.29, 0.717) is 0 Å². The average Bonchev–Trinajstić information content (AvgIpc) is 1.59. The van der Waals surface area contributed by atoms with Crippen LogP contribution in [0.1, 0.15) is 15.9 Å². The first-order chi connectivity index (χ1) is 62.9. The monoisotopic (exact) mass is 1750 g/mol. The minimum atomic E-state index is 0.0759.